The van der Waals surface area contributed by atoms with Crippen LogP contribution in [0.25, 0.3) is 0 Å². The predicted molar refractivity (Wildman–Crippen MR) is 65.8 cm³/mol. The zero-order valence-corrected chi connectivity index (χ0v) is 10.2. The highest BCUT2D eigenvalue weighted by Crippen LogP contribution is 2.30. The van der Waals surface area contributed by atoms with E-state index in [-0.39, 0.29) is 17.1 Å². The van der Waals surface area contributed by atoms with Crippen LogP contribution >= 0.6 is 0 Å². The summed E-state index contributed by atoms with van der Waals surface area (Å²) in [6.07, 6.45) is -4.70. The van der Waals surface area contributed by atoms with E-state index in [0.29, 0.717) is 6.07 Å². The van der Waals surface area contributed by atoms with Gasteiger partial charge in [-0.2, -0.15) is 23.4 Å². The minimum atomic E-state index is -4.70. The van der Waals surface area contributed by atoms with E-state index in [2.05, 4.69) is 15.3 Å². The molecule has 0 aliphatic carbocycles. The monoisotopic (exact) mass is 297 g/mol. The molecule has 0 aliphatic heterocycles. The van der Waals surface area contributed by atoms with E-state index in [9.17, 15) is 17.6 Å². The highest BCUT2D eigenvalue weighted by molar-refractivity contribution is 5.59. The van der Waals surface area contributed by atoms with Crippen molar-refractivity contribution in [2.24, 2.45) is 0 Å². The first-order valence-corrected chi connectivity index (χ1v) is 5.48. The summed E-state index contributed by atoms with van der Waals surface area (Å²) in [5.41, 5.74) is 3.89. The maximum atomic E-state index is 13.6. The molecule has 0 atom stereocenters. The number of nitrogen functional groups attached to an aromatic ring is 1. The molecule has 21 heavy (non-hydrogen) atoms. The molecule has 2 aromatic rings. The number of aromatic nitrogens is 2. The Hall–Kier alpha value is -2.89. The van der Waals surface area contributed by atoms with Crippen molar-refractivity contribution < 1.29 is 17.6 Å². The number of alkyl halides is 3. The van der Waals surface area contributed by atoms with Crippen LogP contribution in [0, 0.1) is 17.1 Å². The van der Waals surface area contributed by atoms with Crippen LogP contribution in [0.15, 0.2) is 24.3 Å². The van der Waals surface area contributed by atoms with Crippen LogP contribution in [-0.2, 0) is 6.18 Å². The molecule has 0 fully saturated rings. The SMILES string of the molecule is N#Cc1ccc(Nc2cc(C(F)(F)F)nc(N)n2)c(F)c1. The summed E-state index contributed by atoms with van der Waals surface area (Å²) in [7, 11) is 0. The number of rotatable bonds is 2. The molecular formula is C12H7F4N5. The molecule has 0 amide bonds. The molecule has 0 spiro atoms. The van der Waals surface area contributed by atoms with Crippen molar-refractivity contribution in [2.75, 3.05) is 11.1 Å². The summed E-state index contributed by atoms with van der Waals surface area (Å²) >= 11 is 0. The molecule has 108 valence electrons. The molecular weight excluding hydrogens is 290 g/mol. The van der Waals surface area contributed by atoms with Gasteiger partial charge in [0, 0.05) is 6.07 Å². The van der Waals surface area contributed by atoms with Crippen molar-refractivity contribution in [1.29, 1.82) is 5.26 Å². The van der Waals surface area contributed by atoms with Crippen molar-refractivity contribution in [1.82, 2.24) is 9.97 Å². The van der Waals surface area contributed by atoms with Gasteiger partial charge in [0.15, 0.2) is 5.69 Å². The van der Waals surface area contributed by atoms with Crippen LogP contribution < -0.4 is 11.1 Å². The maximum absolute atomic E-state index is 13.6. The fraction of sp³-hybridized carbons (Fsp3) is 0.0833. The van der Waals surface area contributed by atoms with E-state index < -0.39 is 23.6 Å². The van der Waals surface area contributed by atoms with Gasteiger partial charge < -0.3 is 11.1 Å². The van der Waals surface area contributed by atoms with E-state index in [1.165, 1.54) is 12.1 Å². The first kappa shape index (κ1) is 14.5. The quantitative estimate of drug-likeness (QED) is 0.832. The topological polar surface area (TPSA) is 87.6 Å². The molecule has 0 aliphatic rings. The summed E-state index contributed by atoms with van der Waals surface area (Å²) < 4.78 is 51.4. The second-order valence-corrected chi connectivity index (χ2v) is 3.93. The number of hydrogen-bond acceptors (Lipinski definition) is 5. The minimum absolute atomic E-state index is 0.0798. The smallest absolute Gasteiger partial charge is 0.368 e. The molecule has 2 rings (SSSR count). The van der Waals surface area contributed by atoms with Crippen molar-refractivity contribution in [3.05, 3.63) is 41.3 Å². The molecule has 1 heterocycles. The number of nitrogens with one attached hydrogen (secondary N) is 1. The zero-order valence-electron chi connectivity index (χ0n) is 10.2. The van der Waals surface area contributed by atoms with Gasteiger partial charge in [-0.25, -0.2) is 9.37 Å². The second-order valence-electron chi connectivity index (χ2n) is 3.93. The molecule has 1 aromatic heterocycles. The van der Waals surface area contributed by atoms with Crippen LogP contribution in [0.2, 0.25) is 0 Å². The number of benzene rings is 1. The van der Waals surface area contributed by atoms with Crippen molar-refractivity contribution in [3.8, 4) is 6.07 Å². The average molecular weight is 297 g/mol. The molecule has 0 radical (unpaired) electrons. The lowest BCUT2D eigenvalue weighted by Crippen LogP contribution is -2.12. The van der Waals surface area contributed by atoms with Gasteiger partial charge in [-0.1, -0.05) is 0 Å². The minimum Gasteiger partial charge on any atom is -0.368 e. The van der Waals surface area contributed by atoms with Crippen molar-refractivity contribution in [3.63, 3.8) is 0 Å². The Balaban J connectivity index is 2.36. The number of nitriles is 1. The van der Waals surface area contributed by atoms with Gasteiger partial charge in [0.05, 0.1) is 17.3 Å². The molecule has 5 nitrogen and oxygen atoms in total. The summed E-state index contributed by atoms with van der Waals surface area (Å²) in [6, 6.07) is 5.80. The average Bonchev–Trinajstić information content (AvgIpc) is 2.39. The second kappa shape index (κ2) is 5.24. The molecule has 1 aromatic carbocycles. The Kier molecular flexibility index (Phi) is 3.62. The summed E-state index contributed by atoms with van der Waals surface area (Å²) in [5.74, 6) is -1.71. The van der Waals surface area contributed by atoms with Crippen LogP contribution in [-0.4, -0.2) is 9.97 Å². The van der Waals surface area contributed by atoms with E-state index in [4.69, 9.17) is 11.0 Å². The van der Waals surface area contributed by atoms with Crippen molar-refractivity contribution >= 4 is 17.5 Å². The van der Waals surface area contributed by atoms with Gasteiger partial charge in [-0.05, 0) is 18.2 Å². The number of hydrogen-bond donors (Lipinski definition) is 2. The maximum Gasteiger partial charge on any atom is 0.433 e. The van der Waals surface area contributed by atoms with Gasteiger partial charge in [0.2, 0.25) is 5.95 Å². The van der Waals surface area contributed by atoms with Gasteiger partial charge in [-0.15, -0.1) is 0 Å². The van der Waals surface area contributed by atoms with Crippen LogP contribution in [0.4, 0.5) is 35.0 Å². The number of nitrogens with two attached hydrogens (primary N) is 1. The largest absolute Gasteiger partial charge is 0.433 e. The highest BCUT2D eigenvalue weighted by atomic mass is 19.4. The fourth-order valence-corrected chi connectivity index (χ4v) is 1.50. The standard InChI is InChI=1S/C12H7F4N5/c13-7-3-6(5-17)1-2-8(7)19-10-4-9(12(14,15)16)20-11(18)21-10/h1-4H,(H3,18,19,20,21). The Morgan fingerprint density at radius 2 is 1.90 bits per heavy atom. The number of anilines is 3. The third-order valence-corrected chi connectivity index (χ3v) is 2.39. The summed E-state index contributed by atoms with van der Waals surface area (Å²) in [4.78, 5) is 6.61. The van der Waals surface area contributed by atoms with Gasteiger partial charge in [-0.3, -0.25) is 0 Å². The molecule has 3 N–H and O–H groups in total. The van der Waals surface area contributed by atoms with E-state index in [0.717, 1.165) is 6.07 Å². The Labute approximate surface area is 116 Å². The number of nitrogens with zero attached hydrogens (tertiary/aromatic N) is 3. The predicted octanol–water partition coefficient (Wildman–Crippen LogP) is 2.83. The Bertz CT molecular complexity index is 721. The van der Waals surface area contributed by atoms with Gasteiger partial charge in [0.25, 0.3) is 0 Å². The molecule has 0 saturated heterocycles. The van der Waals surface area contributed by atoms with Crippen molar-refractivity contribution in [2.45, 2.75) is 6.18 Å². The Morgan fingerprint density at radius 1 is 1.19 bits per heavy atom. The molecule has 0 unspecified atom stereocenters. The van der Waals surface area contributed by atoms with E-state index in [1.807, 2.05) is 0 Å². The summed E-state index contributed by atoms with van der Waals surface area (Å²) in [5, 5.41) is 11.0. The van der Waals surface area contributed by atoms with Gasteiger partial charge in [0.1, 0.15) is 11.6 Å². The Morgan fingerprint density at radius 3 is 2.48 bits per heavy atom. The van der Waals surface area contributed by atoms with Crippen LogP contribution in [0.5, 0.6) is 0 Å². The third kappa shape index (κ3) is 3.36. The van der Waals surface area contributed by atoms with Crippen LogP contribution in [0.3, 0.4) is 0 Å². The first-order chi connectivity index (χ1) is 9.79. The molecule has 0 bridgehead atoms. The van der Waals surface area contributed by atoms with Gasteiger partial charge >= 0.3 is 6.18 Å². The number of halogens is 4. The lowest BCUT2D eigenvalue weighted by Gasteiger charge is -2.10. The first-order valence-electron chi connectivity index (χ1n) is 5.48. The molecule has 0 saturated carbocycles. The zero-order chi connectivity index (χ0) is 15.6. The van der Waals surface area contributed by atoms with E-state index >= 15 is 0 Å². The lowest BCUT2D eigenvalue weighted by atomic mass is 10.2. The van der Waals surface area contributed by atoms with E-state index in [1.54, 1.807) is 6.07 Å². The lowest BCUT2D eigenvalue weighted by molar-refractivity contribution is -0.141. The van der Waals surface area contributed by atoms with Crippen LogP contribution in [0.1, 0.15) is 11.3 Å². The third-order valence-electron chi connectivity index (χ3n) is 2.39. The normalized spacial score (nSPS) is 11.0. The highest BCUT2D eigenvalue weighted by Gasteiger charge is 2.33. The summed E-state index contributed by atoms with van der Waals surface area (Å²) in [6.45, 7) is 0. The fourth-order valence-electron chi connectivity index (χ4n) is 1.50. The molecule has 9 heteroatoms.